The number of fused-ring (bicyclic) bond motifs is 1. The number of ether oxygens (including phenoxy) is 2. The Morgan fingerprint density at radius 1 is 1.30 bits per heavy atom. The lowest BCUT2D eigenvalue weighted by atomic mass is 9.94. The van der Waals surface area contributed by atoms with Gasteiger partial charge in [0.1, 0.15) is 0 Å². The lowest BCUT2D eigenvalue weighted by Gasteiger charge is -2.44. The second kappa shape index (κ2) is 9.54. The molecule has 0 bridgehead atoms. The summed E-state index contributed by atoms with van der Waals surface area (Å²) in [5.74, 6) is -0.0201. The predicted octanol–water partition coefficient (Wildman–Crippen LogP) is 2.24. The first-order chi connectivity index (χ1) is 13.0. The summed E-state index contributed by atoms with van der Waals surface area (Å²) in [4.78, 5) is 13.9. The van der Waals surface area contributed by atoms with Gasteiger partial charge in [-0.3, -0.25) is 9.69 Å². The molecule has 0 spiro atoms. The van der Waals surface area contributed by atoms with Crippen molar-refractivity contribution < 1.29 is 19.4 Å². The molecular weight excluding hydrogens is 391 g/mol. The number of nitrogens with zero attached hydrogens (tertiary/aromatic N) is 1. The van der Waals surface area contributed by atoms with Crippen LogP contribution >= 0.6 is 23.2 Å². The number of carbonyl (C=O) groups excluding carboxylic acids is 1. The third-order valence-electron chi connectivity index (χ3n) is 5.15. The molecule has 2 saturated heterocycles. The molecule has 2 heterocycles. The van der Waals surface area contributed by atoms with Crippen molar-refractivity contribution in [1.82, 2.24) is 10.2 Å². The molecule has 1 amide bonds. The van der Waals surface area contributed by atoms with Gasteiger partial charge in [0.25, 0.3) is 0 Å². The van der Waals surface area contributed by atoms with Crippen LogP contribution in [0.4, 0.5) is 0 Å². The highest BCUT2D eigenvalue weighted by Gasteiger charge is 2.37. The lowest BCUT2D eigenvalue weighted by molar-refractivity contribution is -0.158. The smallest absolute Gasteiger partial charge is 0.222 e. The Hall–Kier alpha value is -0.890. The Kier molecular flexibility index (Phi) is 7.36. The maximum absolute atomic E-state index is 11.7. The summed E-state index contributed by atoms with van der Waals surface area (Å²) in [6, 6.07) is 5.70. The van der Waals surface area contributed by atoms with Crippen LogP contribution in [0.1, 0.15) is 24.8 Å². The Morgan fingerprint density at radius 2 is 2.11 bits per heavy atom. The van der Waals surface area contributed by atoms with Crippen LogP contribution in [0.3, 0.4) is 0 Å². The number of aliphatic hydroxyl groups excluding tert-OH is 1. The van der Waals surface area contributed by atoms with Gasteiger partial charge in [0.15, 0.2) is 0 Å². The molecule has 2 aliphatic rings. The van der Waals surface area contributed by atoms with Crippen molar-refractivity contribution in [2.24, 2.45) is 0 Å². The molecule has 4 atom stereocenters. The van der Waals surface area contributed by atoms with Crippen LogP contribution in [-0.2, 0) is 20.8 Å². The predicted molar refractivity (Wildman–Crippen MR) is 104 cm³/mol. The van der Waals surface area contributed by atoms with Gasteiger partial charge in [-0.2, -0.15) is 0 Å². The fourth-order valence-corrected chi connectivity index (χ4v) is 4.13. The Labute approximate surface area is 169 Å². The highest BCUT2D eigenvalue weighted by molar-refractivity contribution is 6.42. The molecule has 0 aromatic heterocycles. The fraction of sp³-hybridized carbons (Fsp3) is 0.632. The number of halogens is 2. The van der Waals surface area contributed by atoms with Crippen LogP contribution in [0.25, 0.3) is 0 Å². The maximum Gasteiger partial charge on any atom is 0.222 e. The van der Waals surface area contributed by atoms with E-state index < -0.39 is 6.10 Å². The van der Waals surface area contributed by atoms with Crippen LogP contribution in [0.15, 0.2) is 18.2 Å². The van der Waals surface area contributed by atoms with Crippen molar-refractivity contribution in [2.45, 2.75) is 50.2 Å². The largest absolute Gasteiger partial charge is 0.389 e. The third-order valence-corrected chi connectivity index (χ3v) is 5.89. The van der Waals surface area contributed by atoms with Crippen molar-refractivity contribution in [1.29, 1.82) is 0 Å². The standard InChI is InChI=1S/C19H26Cl2N2O4/c1-22-19(25)7-14-3-5-17-18(27-14)11-26-10-13(24)9-23(17)8-12-2-4-15(20)16(21)6-12/h2,4,6,13-14,17-18,24H,3,5,7-11H2,1H3,(H,22,25)/t13-,14+,17-,18+/m0/s1. The number of nitrogens with one attached hydrogen (secondary N) is 1. The lowest BCUT2D eigenvalue weighted by Crippen LogP contribution is -2.55. The Balaban J connectivity index is 1.73. The molecule has 2 fully saturated rings. The number of β-amino-alcohol motifs (C(OH)–C–C–N with tert-alkyl or cyclic N) is 1. The average molecular weight is 417 g/mol. The number of hydrogen-bond acceptors (Lipinski definition) is 5. The number of benzene rings is 1. The zero-order chi connectivity index (χ0) is 19.4. The van der Waals surface area contributed by atoms with E-state index in [1.807, 2.05) is 12.1 Å². The summed E-state index contributed by atoms with van der Waals surface area (Å²) < 4.78 is 11.8. The molecule has 0 aliphatic carbocycles. The topological polar surface area (TPSA) is 71.0 Å². The molecular formula is C19H26Cl2N2O4. The van der Waals surface area contributed by atoms with Crippen molar-refractivity contribution in [3.63, 3.8) is 0 Å². The summed E-state index contributed by atoms with van der Waals surface area (Å²) in [7, 11) is 1.63. The number of carbonyl (C=O) groups is 1. The van der Waals surface area contributed by atoms with Gasteiger partial charge in [-0.25, -0.2) is 0 Å². The van der Waals surface area contributed by atoms with Gasteiger partial charge in [-0.05, 0) is 30.5 Å². The maximum atomic E-state index is 11.7. The van der Waals surface area contributed by atoms with E-state index in [-0.39, 0.29) is 30.8 Å². The Bertz CT molecular complexity index is 661. The summed E-state index contributed by atoms with van der Waals surface area (Å²) in [6.07, 6.45) is 1.23. The SMILES string of the molecule is CNC(=O)C[C@H]1CC[C@H]2[C@@H](COC[C@@H](O)CN2Cc2ccc(Cl)c(Cl)c2)O1. The molecule has 27 heavy (non-hydrogen) atoms. The van der Waals surface area contributed by atoms with Gasteiger partial charge in [-0.1, -0.05) is 29.3 Å². The normalized spacial score (nSPS) is 29.5. The van der Waals surface area contributed by atoms with Crippen molar-refractivity contribution in [3.05, 3.63) is 33.8 Å². The first-order valence-corrected chi connectivity index (χ1v) is 10.0. The highest BCUT2D eigenvalue weighted by Crippen LogP contribution is 2.30. The molecule has 0 unspecified atom stereocenters. The zero-order valence-corrected chi connectivity index (χ0v) is 16.9. The molecule has 2 aliphatic heterocycles. The molecule has 6 nitrogen and oxygen atoms in total. The molecule has 1 aromatic carbocycles. The third kappa shape index (κ3) is 5.56. The number of hydrogen-bond donors (Lipinski definition) is 2. The summed E-state index contributed by atoms with van der Waals surface area (Å²) in [6.45, 7) is 1.80. The number of aliphatic hydroxyl groups is 1. The quantitative estimate of drug-likeness (QED) is 0.787. The summed E-state index contributed by atoms with van der Waals surface area (Å²) >= 11 is 12.2. The van der Waals surface area contributed by atoms with Crippen molar-refractivity contribution >= 4 is 29.1 Å². The number of rotatable bonds is 4. The van der Waals surface area contributed by atoms with Crippen LogP contribution in [0, 0.1) is 0 Å². The minimum Gasteiger partial charge on any atom is -0.389 e. The Morgan fingerprint density at radius 3 is 2.85 bits per heavy atom. The van der Waals surface area contributed by atoms with Gasteiger partial charge in [0, 0.05) is 26.2 Å². The van der Waals surface area contributed by atoms with Crippen LogP contribution in [0.5, 0.6) is 0 Å². The van der Waals surface area contributed by atoms with Gasteiger partial charge in [-0.15, -0.1) is 0 Å². The summed E-state index contributed by atoms with van der Waals surface area (Å²) in [5.41, 5.74) is 1.03. The summed E-state index contributed by atoms with van der Waals surface area (Å²) in [5, 5.41) is 13.9. The molecule has 0 saturated carbocycles. The average Bonchev–Trinajstić information content (AvgIpc) is 2.63. The van der Waals surface area contributed by atoms with Gasteiger partial charge in [0.2, 0.25) is 5.91 Å². The van der Waals surface area contributed by atoms with Gasteiger partial charge in [0.05, 0.1) is 48.0 Å². The zero-order valence-electron chi connectivity index (χ0n) is 15.4. The minimum absolute atomic E-state index is 0.0201. The molecule has 1 aromatic rings. The molecule has 150 valence electrons. The van der Waals surface area contributed by atoms with Crippen molar-refractivity contribution in [2.75, 3.05) is 26.8 Å². The van der Waals surface area contributed by atoms with Crippen molar-refractivity contribution in [3.8, 4) is 0 Å². The first kappa shape index (κ1) is 20.8. The second-order valence-electron chi connectivity index (χ2n) is 7.19. The van der Waals surface area contributed by atoms with Gasteiger partial charge < -0.3 is 19.9 Å². The van der Waals surface area contributed by atoms with Crippen LogP contribution in [-0.4, -0.2) is 67.1 Å². The van der Waals surface area contributed by atoms with E-state index in [1.165, 1.54) is 0 Å². The van der Waals surface area contributed by atoms with Crippen LogP contribution in [0.2, 0.25) is 10.0 Å². The minimum atomic E-state index is -0.558. The first-order valence-electron chi connectivity index (χ1n) is 9.26. The fourth-order valence-electron chi connectivity index (χ4n) is 3.81. The number of amides is 1. The van der Waals surface area contributed by atoms with E-state index in [4.69, 9.17) is 32.7 Å². The second-order valence-corrected chi connectivity index (χ2v) is 8.00. The molecule has 2 N–H and O–H groups in total. The van der Waals surface area contributed by atoms with Gasteiger partial charge >= 0.3 is 0 Å². The molecule has 0 radical (unpaired) electrons. The van der Waals surface area contributed by atoms with E-state index in [2.05, 4.69) is 10.2 Å². The molecule has 8 heteroatoms. The van der Waals surface area contributed by atoms with E-state index in [9.17, 15) is 9.90 Å². The monoisotopic (exact) mass is 416 g/mol. The van der Waals surface area contributed by atoms with E-state index in [0.29, 0.717) is 36.2 Å². The van der Waals surface area contributed by atoms with E-state index >= 15 is 0 Å². The highest BCUT2D eigenvalue weighted by atomic mass is 35.5. The van der Waals surface area contributed by atoms with Crippen LogP contribution < -0.4 is 5.32 Å². The molecule has 3 rings (SSSR count). The van der Waals surface area contributed by atoms with E-state index in [1.54, 1.807) is 13.1 Å². The van der Waals surface area contributed by atoms with E-state index in [0.717, 1.165) is 18.4 Å².